The van der Waals surface area contributed by atoms with Gasteiger partial charge in [-0.15, -0.1) is 0 Å². The number of hydrogen-bond acceptors (Lipinski definition) is 3. The number of nitrogens with zero attached hydrogens (tertiary/aromatic N) is 1. The zero-order valence-electron chi connectivity index (χ0n) is 10.8. The van der Waals surface area contributed by atoms with Crippen molar-refractivity contribution in [1.29, 1.82) is 0 Å². The van der Waals surface area contributed by atoms with Crippen LogP contribution in [0.3, 0.4) is 0 Å². The SMILES string of the molecule is C/C(=N/Nc1ccc(C(=O)O)cc1)c1cccc(Cl)c1. The first-order valence-corrected chi connectivity index (χ1v) is 6.33. The van der Waals surface area contributed by atoms with Crippen molar-refractivity contribution in [3.63, 3.8) is 0 Å². The molecule has 0 aliphatic carbocycles. The predicted octanol–water partition coefficient (Wildman–Crippen LogP) is 3.87. The number of carboxylic acid groups (broad SMARTS) is 1. The van der Waals surface area contributed by atoms with Gasteiger partial charge < -0.3 is 5.11 Å². The number of carboxylic acids is 1. The molecule has 2 aromatic carbocycles. The van der Waals surface area contributed by atoms with E-state index in [0.717, 1.165) is 17.0 Å². The molecular weight excluding hydrogens is 276 g/mol. The molecule has 20 heavy (non-hydrogen) atoms. The predicted molar refractivity (Wildman–Crippen MR) is 80.7 cm³/mol. The fourth-order valence-corrected chi connectivity index (χ4v) is 1.80. The summed E-state index contributed by atoms with van der Waals surface area (Å²) in [6, 6.07) is 13.8. The minimum Gasteiger partial charge on any atom is -0.478 e. The molecule has 5 heteroatoms. The standard InChI is InChI=1S/C15H13ClN2O2/c1-10(12-3-2-4-13(16)9-12)17-18-14-7-5-11(6-8-14)15(19)20/h2-9,18H,1H3,(H,19,20)/b17-10-. The molecule has 0 unspecified atom stereocenters. The van der Waals surface area contributed by atoms with E-state index in [1.54, 1.807) is 18.2 Å². The van der Waals surface area contributed by atoms with Crippen LogP contribution in [0.15, 0.2) is 53.6 Å². The van der Waals surface area contributed by atoms with Gasteiger partial charge in [0.2, 0.25) is 0 Å². The molecule has 2 N–H and O–H groups in total. The summed E-state index contributed by atoms with van der Waals surface area (Å²) in [5.41, 5.74) is 5.55. The average molecular weight is 289 g/mol. The van der Waals surface area contributed by atoms with Crippen LogP contribution in [-0.2, 0) is 0 Å². The maximum atomic E-state index is 10.7. The number of nitrogens with one attached hydrogen (secondary N) is 1. The van der Waals surface area contributed by atoms with Crippen molar-refractivity contribution in [1.82, 2.24) is 0 Å². The highest BCUT2D eigenvalue weighted by atomic mass is 35.5. The van der Waals surface area contributed by atoms with E-state index in [1.807, 2.05) is 25.1 Å². The normalized spacial score (nSPS) is 11.2. The number of benzene rings is 2. The first-order chi connectivity index (χ1) is 9.56. The lowest BCUT2D eigenvalue weighted by atomic mass is 10.1. The molecule has 0 radical (unpaired) electrons. The highest BCUT2D eigenvalue weighted by molar-refractivity contribution is 6.31. The van der Waals surface area contributed by atoms with Crippen LogP contribution in [-0.4, -0.2) is 16.8 Å². The van der Waals surface area contributed by atoms with Gasteiger partial charge >= 0.3 is 5.97 Å². The van der Waals surface area contributed by atoms with Gasteiger partial charge in [-0.25, -0.2) is 4.79 Å². The fraction of sp³-hybridized carbons (Fsp3) is 0.0667. The summed E-state index contributed by atoms with van der Waals surface area (Å²) >= 11 is 5.92. The van der Waals surface area contributed by atoms with Crippen LogP contribution in [0, 0.1) is 0 Å². The Kier molecular flexibility index (Phi) is 4.38. The van der Waals surface area contributed by atoms with Gasteiger partial charge in [0.1, 0.15) is 0 Å². The van der Waals surface area contributed by atoms with Crippen molar-refractivity contribution in [2.24, 2.45) is 5.10 Å². The quantitative estimate of drug-likeness (QED) is 0.663. The van der Waals surface area contributed by atoms with Gasteiger partial charge in [-0.1, -0.05) is 23.7 Å². The van der Waals surface area contributed by atoms with Crippen molar-refractivity contribution >= 4 is 29.0 Å². The van der Waals surface area contributed by atoms with Crippen molar-refractivity contribution in [3.05, 3.63) is 64.7 Å². The number of aromatic carboxylic acids is 1. The van der Waals surface area contributed by atoms with E-state index in [-0.39, 0.29) is 5.56 Å². The molecule has 2 rings (SSSR count). The smallest absolute Gasteiger partial charge is 0.335 e. The summed E-state index contributed by atoms with van der Waals surface area (Å²) in [5, 5.41) is 13.7. The van der Waals surface area contributed by atoms with Crippen LogP contribution in [0.4, 0.5) is 5.69 Å². The van der Waals surface area contributed by atoms with Gasteiger partial charge in [0, 0.05) is 5.02 Å². The molecule has 0 aromatic heterocycles. The van der Waals surface area contributed by atoms with Gasteiger partial charge in [0.25, 0.3) is 0 Å². The Bertz CT molecular complexity index is 651. The summed E-state index contributed by atoms with van der Waals surface area (Å²) in [7, 11) is 0. The fourth-order valence-electron chi connectivity index (χ4n) is 1.61. The molecule has 0 spiro atoms. The highest BCUT2D eigenvalue weighted by Gasteiger charge is 2.01. The largest absolute Gasteiger partial charge is 0.478 e. The average Bonchev–Trinajstić information content (AvgIpc) is 2.45. The van der Waals surface area contributed by atoms with E-state index in [4.69, 9.17) is 16.7 Å². The number of rotatable bonds is 4. The third-order valence-electron chi connectivity index (χ3n) is 2.73. The van der Waals surface area contributed by atoms with Crippen LogP contribution >= 0.6 is 11.6 Å². The number of carbonyl (C=O) groups is 1. The van der Waals surface area contributed by atoms with E-state index in [1.165, 1.54) is 12.1 Å². The summed E-state index contributed by atoms with van der Waals surface area (Å²) in [5.74, 6) is -0.949. The maximum absolute atomic E-state index is 10.7. The first-order valence-electron chi connectivity index (χ1n) is 5.96. The third-order valence-corrected chi connectivity index (χ3v) is 2.96. The van der Waals surface area contributed by atoms with Gasteiger partial charge in [-0.3, -0.25) is 5.43 Å². The number of anilines is 1. The van der Waals surface area contributed by atoms with E-state index in [9.17, 15) is 4.79 Å². The third kappa shape index (κ3) is 3.59. The van der Waals surface area contributed by atoms with Gasteiger partial charge in [0.15, 0.2) is 0 Å². The molecule has 0 saturated carbocycles. The summed E-state index contributed by atoms with van der Waals surface area (Å²) in [6.45, 7) is 1.87. The number of hydrogen-bond donors (Lipinski definition) is 2. The molecule has 0 saturated heterocycles. The molecule has 102 valence electrons. The van der Waals surface area contributed by atoms with Crippen LogP contribution < -0.4 is 5.43 Å². The second-order valence-corrected chi connectivity index (χ2v) is 4.64. The van der Waals surface area contributed by atoms with Crippen LogP contribution in [0.5, 0.6) is 0 Å². The van der Waals surface area contributed by atoms with Crippen molar-refractivity contribution in [2.75, 3.05) is 5.43 Å². The maximum Gasteiger partial charge on any atom is 0.335 e. The highest BCUT2D eigenvalue weighted by Crippen LogP contribution is 2.13. The van der Waals surface area contributed by atoms with E-state index < -0.39 is 5.97 Å². The molecular formula is C15H13ClN2O2. The van der Waals surface area contributed by atoms with Crippen molar-refractivity contribution < 1.29 is 9.90 Å². The number of hydrazone groups is 1. The Balaban J connectivity index is 2.10. The topological polar surface area (TPSA) is 61.7 Å². The van der Waals surface area contributed by atoms with Gasteiger partial charge in [-0.2, -0.15) is 5.10 Å². The summed E-state index contributed by atoms with van der Waals surface area (Å²) in [4.78, 5) is 10.7. The lowest BCUT2D eigenvalue weighted by molar-refractivity contribution is 0.0697. The molecule has 0 heterocycles. The van der Waals surface area contributed by atoms with E-state index in [0.29, 0.717) is 5.02 Å². The molecule has 0 aliphatic rings. The second-order valence-electron chi connectivity index (χ2n) is 4.20. The summed E-state index contributed by atoms with van der Waals surface area (Å²) < 4.78 is 0. The molecule has 0 atom stereocenters. The van der Waals surface area contributed by atoms with Crippen molar-refractivity contribution in [2.45, 2.75) is 6.92 Å². The molecule has 4 nitrogen and oxygen atoms in total. The minimum absolute atomic E-state index is 0.242. The van der Waals surface area contributed by atoms with Crippen LogP contribution in [0.1, 0.15) is 22.8 Å². The van der Waals surface area contributed by atoms with E-state index >= 15 is 0 Å². The Morgan fingerprint density at radius 1 is 1.15 bits per heavy atom. The minimum atomic E-state index is -0.949. The Morgan fingerprint density at radius 2 is 1.85 bits per heavy atom. The Hall–Kier alpha value is -2.33. The molecule has 0 aliphatic heterocycles. The molecule has 2 aromatic rings. The Labute approximate surface area is 121 Å². The lowest BCUT2D eigenvalue weighted by Gasteiger charge is -2.04. The van der Waals surface area contributed by atoms with Gasteiger partial charge in [-0.05, 0) is 48.9 Å². The zero-order valence-corrected chi connectivity index (χ0v) is 11.6. The zero-order chi connectivity index (χ0) is 14.5. The summed E-state index contributed by atoms with van der Waals surface area (Å²) in [6.07, 6.45) is 0. The Morgan fingerprint density at radius 3 is 2.45 bits per heavy atom. The van der Waals surface area contributed by atoms with Crippen molar-refractivity contribution in [3.8, 4) is 0 Å². The molecule has 0 fully saturated rings. The first kappa shape index (κ1) is 14.1. The number of halogens is 1. The van der Waals surface area contributed by atoms with E-state index in [2.05, 4.69) is 10.5 Å². The lowest BCUT2D eigenvalue weighted by Crippen LogP contribution is -2.00. The second kappa shape index (κ2) is 6.21. The van der Waals surface area contributed by atoms with Crippen LogP contribution in [0.25, 0.3) is 0 Å². The molecule has 0 amide bonds. The monoisotopic (exact) mass is 288 g/mol. The van der Waals surface area contributed by atoms with Crippen LogP contribution in [0.2, 0.25) is 5.02 Å². The van der Waals surface area contributed by atoms with Gasteiger partial charge in [0.05, 0.1) is 17.0 Å². The molecule has 0 bridgehead atoms.